The van der Waals surface area contributed by atoms with Crippen LogP contribution in [-0.4, -0.2) is 33.3 Å². The van der Waals surface area contributed by atoms with Crippen molar-refractivity contribution in [1.82, 2.24) is 25.4 Å². The Labute approximate surface area is 154 Å². The van der Waals surface area contributed by atoms with Crippen molar-refractivity contribution in [2.45, 2.75) is 46.7 Å². The van der Waals surface area contributed by atoms with E-state index in [4.69, 9.17) is 11.6 Å². The van der Waals surface area contributed by atoms with Crippen molar-refractivity contribution in [1.29, 1.82) is 0 Å². The lowest BCUT2D eigenvalue weighted by atomic mass is 10.1. The van der Waals surface area contributed by atoms with E-state index in [-0.39, 0.29) is 6.04 Å². The first kappa shape index (κ1) is 19.2. The molecule has 1 unspecified atom stereocenters. The molecule has 2 heterocycles. The average molecular weight is 363 g/mol. The zero-order valence-corrected chi connectivity index (χ0v) is 16.4. The maximum absolute atomic E-state index is 5.82. The lowest BCUT2D eigenvalue weighted by Crippen LogP contribution is -2.43. The van der Waals surface area contributed by atoms with Crippen LogP contribution in [0, 0.1) is 13.8 Å². The minimum absolute atomic E-state index is 0.239. The molecule has 2 aromatic heterocycles. The van der Waals surface area contributed by atoms with Crippen molar-refractivity contribution in [3.8, 4) is 0 Å². The molecule has 0 bridgehead atoms. The van der Waals surface area contributed by atoms with Gasteiger partial charge in [0.2, 0.25) is 0 Å². The lowest BCUT2D eigenvalue weighted by Gasteiger charge is -2.18. The van der Waals surface area contributed by atoms with Gasteiger partial charge >= 0.3 is 0 Å². The molecule has 25 heavy (non-hydrogen) atoms. The Morgan fingerprint density at radius 3 is 2.68 bits per heavy atom. The van der Waals surface area contributed by atoms with Crippen LogP contribution in [-0.2, 0) is 20.0 Å². The number of nitrogens with one attached hydrogen (secondary N) is 2. The summed E-state index contributed by atoms with van der Waals surface area (Å²) in [5.41, 5.74) is 4.61. The van der Waals surface area contributed by atoms with Gasteiger partial charge in [-0.1, -0.05) is 17.7 Å². The van der Waals surface area contributed by atoms with E-state index in [0.717, 1.165) is 30.2 Å². The van der Waals surface area contributed by atoms with Crippen LogP contribution >= 0.6 is 11.6 Å². The van der Waals surface area contributed by atoms with Crippen LogP contribution < -0.4 is 10.6 Å². The van der Waals surface area contributed by atoms with Crippen LogP contribution in [0.15, 0.2) is 23.3 Å². The summed E-state index contributed by atoms with van der Waals surface area (Å²) in [7, 11) is 1.98. The van der Waals surface area contributed by atoms with Crippen molar-refractivity contribution in [3.05, 3.63) is 46.0 Å². The van der Waals surface area contributed by atoms with Crippen molar-refractivity contribution < 1.29 is 0 Å². The Morgan fingerprint density at radius 1 is 1.36 bits per heavy atom. The van der Waals surface area contributed by atoms with E-state index in [0.29, 0.717) is 11.7 Å². The Kier molecular flexibility index (Phi) is 6.82. The second-order valence-electron chi connectivity index (χ2n) is 6.21. The van der Waals surface area contributed by atoms with E-state index >= 15 is 0 Å². The van der Waals surface area contributed by atoms with Gasteiger partial charge in [0, 0.05) is 31.5 Å². The summed E-state index contributed by atoms with van der Waals surface area (Å²) in [6.07, 6.45) is 2.65. The monoisotopic (exact) mass is 362 g/mol. The first-order chi connectivity index (χ1) is 11.9. The Morgan fingerprint density at radius 2 is 2.12 bits per heavy atom. The highest BCUT2D eigenvalue weighted by Gasteiger charge is 2.14. The van der Waals surface area contributed by atoms with Gasteiger partial charge in [-0.25, -0.2) is 9.98 Å². The molecule has 0 aliphatic heterocycles. The van der Waals surface area contributed by atoms with Gasteiger partial charge < -0.3 is 10.6 Å². The van der Waals surface area contributed by atoms with Gasteiger partial charge in [0.05, 0.1) is 12.2 Å². The highest BCUT2D eigenvalue weighted by molar-refractivity contribution is 6.29. The summed E-state index contributed by atoms with van der Waals surface area (Å²) in [5, 5.41) is 11.7. The van der Waals surface area contributed by atoms with Crippen LogP contribution in [0.1, 0.15) is 36.4 Å². The molecule has 0 fully saturated rings. The molecule has 2 aromatic rings. The number of rotatable bonds is 6. The predicted octanol–water partition coefficient (Wildman–Crippen LogP) is 2.77. The van der Waals surface area contributed by atoms with E-state index in [1.54, 1.807) is 12.3 Å². The Balaban J connectivity index is 2.01. The standard InChI is InChI=1S/C18H27ClN6/c1-6-20-18(22-11-15-7-8-17(19)21-10-15)23-12(2)9-16-13(3)24-25(5)14(16)4/h7-8,10,12H,6,9,11H2,1-5H3,(H2,20,22,23). The zero-order chi connectivity index (χ0) is 18.4. The Hall–Kier alpha value is -2.08. The van der Waals surface area contributed by atoms with E-state index < -0.39 is 0 Å². The summed E-state index contributed by atoms with van der Waals surface area (Å²) in [6, 6.07) is 3.96. The van der Waals surface area contributed by atoms with Crippen LogP contribution in [0.2, 0.25) is 5.15 Å². The molecular weight excluding hydrogens is 336 g/mol. The second-order valence-corrected chi connectivity index (χ2v) is 6.59. The zero-order valence-electron chi connectivity index (χ0n) is 15.6. The maximum Gasteiger partial charge on any atom is 0.191 e. The fraction of sp³-hybridized carbons (Fsp3) is 0.500. The molecular formula is C18H27ClN6. The Bertz CT molecular complexity index is 720. The number of aryl methyl sites for hydroxylation is 2. The molecule has 0 saturated carbocycles. The second kappa shape index (κ2) is 8.85. The lowest BCUT2D eigenvalue weighted by molar-refractivity contribution is 0.635. The minimum Gasteiger partial charge on any atom is -0.357 e. The van der Waals surface area contributed by atoms with Crippen LogP contribution in [0.25, 0.3) is 0 Å². The predicted molar refractivity (Wildman–Crippen MR) is 103 cm³/mol. The normalized spacial score (nSPS) is 13.0. The number of halogens is 1. The molecule has 0 radical (unpaired) electrons. The first-order valence-electron chi connectivity index (χ1n) is 8.55. The molecule has 0 aliphatic rings. The third-order valence-corrected chi connectivity index (χ3v) is 4.33. The van der Waals surface area contributed by atoms with Gasteiger partial charge in [0.1, 0.15) is 5.15 Å². The quantitative estimate of drug-likeness (QED) is 0.471. The summed E-state index contributed by atoms with van der Waals surface area (Å²) < 4.78 is 1.93. The van der Waals surface area contributed by atoms with Crippen molar-refractivity contribution >= 4 is 17.6 Å². The molecule has 1 atom stereocenters. The maximum atomic E-state index is 5.82. The van der Waals surface area contributed by atoms with E-state index in [1.165, 1.54) is 11.3 Å². The van der Waals surface area contributed by atoms with Crippen molar-refractivity contribution in [2.75, 3.05) is 6.54 Å². The number of hydrogen-bond donors (Lipinski definition) is 2. The SMILES string of the molecule is CCNC(=NCc1ccc(Cl)nc1)NC(C)Cc1c(C)nn(C)c1C. The molecule has 2 rings (SSSR count). The van der Waals surface area contributed by atoms with Gasteiger partial charge in [-0.3, -0.25) is 4.68 Å². The highest BCUT2D eigenvalue weighted by Crippen LogP contribution is 2.14. The van der Waals surface area contributed by atoms with Crippen LogP contribution in [0.3, 0.4) is 0 Å². The van der Waals surface area contributed by atoms with Gasteiger partial charge in [-0.05, 0) is 51.3 Å². The fourth-order valence-electron chi connectivity index (χ4n) is 2.69. The summed E-state index contributed by atoms with van der Waals surface area (Å²) >= 11 is 5.82. The van der Waals surface area contributed by atoms with Gasteiger partial charge in [-0.2, -0.15) is 5.10 Å². The molecule has 0 spiro atoms. The average Bonchev–Trinajstić information content (AvgIpc) is 2.80. The highest BCUT2D eigenvalue weighted by atomic mass is 35.5. The van der Waals surface area contributed by atoms with Gasteiger partial charge in [0.15, 0.2) is 5.96 Å². The van der Waals surface area contributed by atoms with Crippen molar-refractivity contribution in [2.24, 2.45) is 12.0 Å². The van der Waals surface area contributed by atoms with Crippen LogP contribution in [0.4, 0.5) is 0 Å². The molecule has 0 aromatic carbocycles. The summed E-state index contributed by atoms with van der Waals surface area (Å²) in [6.45, 7) is 9.74. The third-order valence-electron chi connectivity index (χ3n) is 4.10. The molecule has 7 heteroatoms. The molecule has 2 N–H and O–H groups in total. The number of aliphatic imine (C=N–C) groups is 1. The molecule has 0 saturated heterocycles. The number of hydrogen-bond acceptors (Lipinski definition) is 3. The topological polar surface area (TPSA) is 67.1 Å². The number of nitrogens with zero attached hydrogens (tertiary/aromatic N) is 4. The van der Waals surface area contributed by atoms with Gasteiger partial charge in [0.25, 0.3) is 0 Å². The molecule has 0 aliphatic carbocycles. The summed E-state index contributed by atoms with van der Waals surface area (Å²) in [5.74, 6) is 0.796. The smallest absolute Gasteiger partial charge is 0.191 e. The van der Waals surface area contributed by atoms with Gasteiger partial charge in [-0.15, -0.1) is 0 Å². The largest absolute Gasteiger partial charge is 0.357 e. The minimum atomic E-state index is 0.239. The fourth-order valence-corrected chi connectivity index (χ4v) is 2.81. The van der Waals surface area contributed by atoms with E-state index in [1.807, 2.05) is 17.8 Å². The number of guanidine groups is 1. The molecule has 6 nitrogen and oxygen atoms in total. The number of pyridine rings is 1. The first-order valence-corrected chi connectivity index (χ1v) is 8.92. The summed E-state index contributed by atoms with van der Waals surface area (Å²) in [4.78, 5) is 8.72. The molecule has 136 valence electrons. The third kappa shape index (κ3) is 5.46. The van der Waals surface area contributed by atoms with Crippen LogP contribution in [0.5, 0.6) is 0 Å². The molecule has 0 amide bonds. The number of aromatic nitrogens is 3. The van der Waals surface area contributed by atoms with E-state index in [2.05, 4.69) is 53.4 Å². The van der Waals surface area contributed by atoms with E-state index in [9.17, 15) is 0 Å². The van der Waals surface area contributed by atoms with Crippen molar-refractivity contribution in [3.63, 3.8) is 0 Å².